The van der Waals surface area contributed by atoms with Gasteiger partial charge in [-0.05, 0) is 25.0 Å². The summed E-state index contributed by atoms with van der Waals surface area (Å²) in [5.74, 6) is 1.08. The number of nitrogens with zero attached hydrogens (tertiary/aromatic N) is 4. The van der Waals surface area contributed by atoms with Crippen molar-refractivity contribution in [3.05, 3.63) is 51.9 Å². The molecule has 0 unspecified atom stereocenters. The molecule has 0 bridgehead atoms. The van der Waals surface area contributed by atoms with Crippen molar-refractivity contribution >= 4 is 28.5 Å². The Hall–Kier alpha value is -2.25. The lowest BCUT2D eigenvalue weighted by molar-refractivity contribution is 0.641. The summed E-state index contributed by atoms with van der Waals surface area (Å²) in [5.41, 5.74) is 8.43. The average molecular weight is 369 g/mol. The van der Waals surface area contributed by atoms with E-state index in [1.54, 1.807) is 11.8 Å². The van der Waals surface area contributed by atoms with Crippen LogP contribution in [-0.4, -0.2) is 26.3 Å². The van der Waals surface area contributed by atoms with Gasteiger partial charge in [0.1, 0.15) is 11.3 Å². The molecule has 4 rings (SSSR count). The van der Waals surface area contributed by atoms with Crippen LogP contribution in [0.5, 0.6) is 0 Å². The van der Waals surface area contributed by atoms with Crippen molar-refractivity contribution in [2.45, 2.75) is 36.7 Å². The zero-order valence-corrected chi connectivity index (χ0v) is 16.3. The number of benzene rings is 1. The van der Waals surface area contributed by atoms with Gasteiger partial charge in [-0.2, -0.15) is 5.10 Å². The van der Waals surface area contributed by atoms with Gasteiger partial charge in [-0.3, -0.25) is 4.79 Å². The molecule has 136 valence electrons. The van der Waals surface area contributed by atoms with Crippen molar-refractivity contribution in [2.75, 3.05) is 11.9 Å². The Morgan fingerprint density at radius 3 is 2.69 bits per heavy atom. The first-order chi connectivity index (χ1) is 12.3. The van der Waals surface area contributed by atoms with Crippen molar-refractivity contribution in [3.8, 4) is 0 Å². The maximum atomic E-state index is 13.1. The van der Waals surface area contributed by atoms with Crippen LogP contribution in [-0.2, 0) is 20.1 Å². The lowest BCUT2D eigenvalue weighted by Crippen LogP contribution is -2.35. The zero-order chi connectivity index (χ0) is 18.6. The van der Waals surface area contributed by atoms with Gasteiger partial charge in [0.25, 0.3) is 5.56 Å². The Balaban J connectivity index is 1.82. The first kappa shape index (κ1) is 17.2. The number of rotatable bonds is 3. The molecule has 0 amide bonds. The van der Waals surface area contributed by atoms with Gasteiger partial charge in [0.15, 0.2) is 0 Å². The maximum Gasteiger partial charge on any atom is 0.291 e. The van der Waals surface area contributed by atoms with Crippen LogP contribution in [0.25, 0.3) is 10.9 Å². The van der Waals surface area contributed by atoms with Crippen molar-refractivity contribution in [2.24, 2.45) is 12.8 Å². The number of thioether (sulfide) groups is 1. The second kappa shape index (κ2) is 5.89. The molecule has 26 heavy (non-hydrogen) atoms. The molecule has 3 heterocycles. The van der Waals surface area contributed by atoms with Crippen LogP contribution in [0.1, 0.15) is 25.0 Å². The molecule has 2 aromatic heterocycles. The summed E-state index contributed by atoms with van der Waals surface area (Å²) in [6, 6.07) is 7.97. The number of anilines is 1. The minimum Gasteiger partial charge on any atom is -0.346 e. The fourth-order valence-corrected chi connectivity index (χ4v) is 4.89. The van der Waals surface area contributed by atoms with E-state index in [-0.39, 0.29) is 10.4 Å². The molecular weight excluding hydrogens is 346 g/mol. The van der Waals surface area contributed by atoms with E-state index in [2.05, 4.69) is 30.9 Å². The van der Waals surface area contributed by atoms with E-state index in [1.807, 2.05) is 42.1 Å². The minimum atomic E-state index is -0.0654. The summed E-state index contributed by atoms with van der Waals surface area (Å²) in [5, 5.41) is 5.38. The fourth-order valence-electron chi connectivity index (χ4n) is 3.54. The maximum absolute atomic E-state index is 13.1. The topological polar surface area (TPSA) is 69.1 Å². The van der Waals surface area contributed by atoms with Gasteiger partial charge in [-0.15, -0.1) is 0 Å². The molecular formula is C19H23N5OS. The van der Waals surface area contributed by atoms with Crippen LogP contribution < -0.4 is 16.2 Å². The number of aryl methyl sites for hydroxylation is 1. The summed E-state index contributed by atoms with van der Waals surface area (Å²) < 4.78 is 3.53. The first-order valence-electron chi connectivity index (χ1n) is 8.62. The second-order valence-corrected chi connectivity index (χ2v) is 8.82. The molecule has 3 aromatic rings. The van der Waals surface area contributed by atoms with Crippen LogP contribution in [0.2, 0.25) is 0 Å². The summed E-state index contributed by atoms with van der Waals surface area (Å²) in [6.45, 7) is 5.29. The predicted octanol–water partition coefficient (Wildman–Crippen LogP) is 2.52. The fraction of sp³-hybridized carbons (Fsp3) is 0.368. The number of aromatic nitrogens is 3. The molecule has 0 aliphatic carbocycles. The highest BCUT2D eigenvalue weighted by atomic mass is 32.2. The number of hydrogen-bond acceptors (Lipinski definition) is 5. The molecule has 0 spiro atoms. The van der Waals surface area contributed by atoms with Gasteiger partial charge in [-0.25, -0.2) is 4.68 Å². The zero-order valence-electron chi connectivity index (χ0n) is 15.5. The van der Waals surface area contributed by atoms with Crippen LogP contribution in [0.4, 0.5) is 5.82 Å². The normalized spacial score (nSPS) is 15.7. The summed E-state index contributed by atoms with van der Waals surface area (Å²) >= 11 is 1.78. The third kappa shape index (κ3) is 2.46. The average Bonchev–Trinajstić information content (AvgIpc) is 3.02. The minimum absolute atomic E-state index is 0.0336. The molecule has 0 saturated heterocycles. The highest BCUT2D eigenvalue weighted by Crippen LogP contribution is 2.52. The van der Waals surface area contributed by atoms with Crippen molar-refractivity contribution < 1.29 is 0 Å². The largest absolute Gasteiger partial charge is 0.346 e. The Bertz CT molecular complexity index is 1070. The van der Waals surface area contributed by atoms with Gasteiger partial charge in [0, 0.05) is 26.0 Å². The molecule has 6 nitrogen and oxygen atoms in total. The van der Waals surface area contributed by atoms with E-state index in [0.29, 0.717) is 18.6 Å². The number of fused-ring (bicyclic) bond motifs is 3. The van der Waals surface area contributed by atoms with Gasteiger partial charge in [0.2, 0.25) is 0 Å². The Morgan fingerprint density at radius 1 is 1.23 bits per heavy atom. The third-order valence-electron chi connectivity index (χ3n) is 5.16. The Labute approximate surface area is 156 Å². The van der Waals surface area contributed by atoms with E-state index >= 15 is 0 Å². The van der Waals surface area contributed by atoms with Gasteiger partial charge < -0.3 is 15.2 Å². The van der Waals surface area contributed by atoms with Crippen molar-refractivity contribution in [3.63, 3.8) is 0 Å². The van der Waals surface area contributed by atoms with E-state index in [9.17, 15) is 4.79 Å². The molecule has 7 heteroatoms. The lowest BCUT2D eigenvalue weighted by Gasteiger charge is -2.29. The summed E-state index contributed by atoms with van der Waals surface area (Å²) in [6.07, 6.45) is 1.82. The quantitative estimate of drug-likeness (QED) is 0.768. The van der Waals surface area contributed by atoms with Gasteiger partial charge in [-0.1, -0.05) is 36.0 Å². The van der Waals surface area contributed by atoms with Crippen molar-refractivity contribution in [1.29, 1.82) is 0 Å². The van der Waals surface area contributed by atoms with E-state index in [1.165, 1.54) is 4.68 Å². The van der Waals surface area contributed by atoms with E-state index in [0.717, 1.165) is 27.2 Å². The number of nitrogens with two attached hydrogens (primary N) is 1. The van der Waals surface area contributed by atoms with Crippen LogP contribution in [0, 0.1) is 0 Å². The lowest BCUT2D eigenvalue weighted by atomic mass is 10.1. The molecule has 0 saturated carbocycles. The predicted molar refractivity (Wildman–Crippen MR) is 107 cm³/mol. The molecule has 1 aliphatic rings. The molecule has 1 aromatic carbocycles. The standard InChI is InChI=1S/C19H23N5OS/c1-19(2)23(4)17-16(26-19)14-10-21-24(18(25)15(14)22(17)3)11-13-7-5-6-12(8-13)9-20/h5-8,10H,9,11,20H2,1-4H3. The highest BCUT2D eigenvalue weighted by Gasteiger charge is 2.39. The molecule has 0 radical (unpaired) electrons. The Morgan fingerprint density at radius 2 is 1.96 bits per heavy atom. The first-order valence-corrected chi connectivity index (χ1v) is 9.44. The highest BCUT2D eigenvalue weighted by molar-refractivity contribution is 8.01. The van der Waals surface area contributed by atoms with Crippen molar-refractivity contribution in [1.82, 2.24) is 14.3 Å². The van der Waals surface area contributed by atoms with E-state index in [4.69, 9.17) is 5.73 Å². The SMILES string of the molecule is CN1c2c(c3cnn(Cc4cccc(CN)c4)c(=O)c3n2C)SC1(C)C. The second-order valence-electron chi connectivity index (χ2n) is 7.21. The molecule has 2 N–H and O–H groups in total. The van der Waals surface area contributed by atoms with Crippen LogP contribution >= 0.6 is 11.8 Å². The Kier molecular flexibility index (Phi) is 3.89. The van der Waals surface area contributed by atoms with E-state index < -0.39 is 0 Å². The van der Waals surface area contributed by atoms with Gasteiger partial charge >= 0.3 is 0 Å². The monoisotopic (exact) mass is 369 g/mol. The molecule has 1 aliphatic heterocycles. The van der Waals surface area contributed by atoms with Crippen LogP contribution in [0.3, 0.4) is 0 Å². The summed E-state index contributed by atoms with van der Waals surface area (Å²) in [7, 11) is 4.03. The van der Waals surface area contributed by atoms with Crippen LogP contribution in [0.15, 0.2) is 40.2 Å². The molecule has 0 atom stereocenters. The van der Waals surface area contributed by atoms with Gasteiger partial charge in [0.05, 0.1) is 22.5 Å². The molecule has 0 fully saturated rings. The third-order valence-corrected chi connectivity index (χ3v) is 6.54. The summed E-state index contributed by atoms with van der Waals surface area (Å²) in [4.78, 5) is 16.4. The number of hydrogen-bond donors (Lipinski definition) is 1. The smallest absolute Gasteiger partial charge is 0.291 e.